The highest BCUT2D eigenvalue weighted by Crippen LogP contribution is 2.41. The van der Waals surface area contributed by atoms with Crippen molar-refractivity contribution in [2.75, 3.05) is 5.32 Å². The molecule has 0 saturated heterocycles. The van der Waals surface area contributed by atoms with E-state index < -0.39 is 18.2 Å². The van der Waals surface area contributed by atoms with Crippen LogP contribution in [0.2, 0.25) is 0 Å². The largest absolute Gasteiger partial charge is 0.391 e. The lowest BCUT2D eigenvalue weighted by Crippen LogP contribution is -2.45. The Bertz CT molecular complexity index is 1180. The van der Waals surface area contributed by atoms with Crippen molar-refractivity contribution in [1.82, 2.24) is 14.7 Å². The zero-order chi connectivity index (χ0) is 22.3. The Morgan fingerprint density at radius 1 is 1.10 bits per heavy atom. The van der Waals surface area contributed by atoms with Crippen LogP contribution in [0.5, 0.6) is 0 Å². The minimum absolute atomic E-state index is 0.186. The number of amides is 2. The molecule has 0 aliphatic heterocycles. The molecule has 0 fully saturated rings. The fraction of sp³-hybridized carbons (Fsp3) is 0.333. The number of benzene rings is 2. The summed E-state index contributed by atoms with van der Waals surface area (Å²) in [5.74, 6) is 0.398. The summed E-state index contributed by atoms with van der Waals surface area (Å²) in [7, 11) is 1.66. The lowest BCUT2D eigenvalue weighted by molar-refractivity contribution is 0.0883. The van der Waals surface area contributed by atoms with Gasteiger partial charge in [-0.2, -0.15) is 0 Å². The van der Waals surface area contributed by atoms with Crippen LogP contribution in [0, 0.1) is 6.92 Å². The molecule has 2 aromatic carbocycles. The van der Waals surface area contributed by atoms with Gasteiger partial charge in [-0.1, -0.05) is 56.3 Å². The number of para-hydroxylation sites is 1. The molecule has 1 aromatic heterocycles. The molecule has 1 heterocycles. The Labute approximate surface area is 181 Å². The minimum Gasteiger partial charge on any atom is -0.391 e. The van der Waals surface area contributed by atoms with E-state index in [-0.39, 0.29) is 11.0 Å². The van der Waals surface area contributed by atoms with E-state index in [0.29, 0.717) is 17.8 Å². The number of aromatic nitrogens is 2. The number of hydrogen-bond acceptors (Lipinski definition) is 3. The fourth-order valence-corrected chi connectivity index (χ4v) is 4.56. The molecule has 0 unspecified atom stereocenters. The average molecular weight is 421 g/mol. The molecule has 2 atom stereocenters. The van der Waals surface area contributed by atoms with Crippen LogP contribution in [-0.2, 0) is 12.5 Å². The van der Waals surface area contributed by atoms with Crippen molar-refractivity contribution in [1.29, 1.82) is 0 Å². The molecule has 31 heavy (non-hydrogen) atoms. The van der Waals surface area contributed by atoms with Crippen molar-refractivity contribution in [3.05, 3.63) is 81.6 Å². The van der Waals surface area contributed by atoms with E-state index in [2.05, 4.69) is 24.5 Å². The van der Waals surface area contributed by atoms with Gasteiger partial charge >= 0.3 is 6.03 Å². The molecular formula is C24H28N4O3. The lowest BCUT2D eigenvalue weighted by atomic mass is 9.70. The first kappa shape index (κ1) is 20.9. The first-order chi connectivity index (χ1) is 14.7. The number of aliphatic hydroxyl groups excluding tert-OH is 1. The summed E-state index contributed by atoms with van der Waals surface area (Å²) in [6.45, 7) is 5.87. The Morgan fingerprint density at radius 2 is 1.74 bits per heavy atom. The van der Waals surface area contributed by atoms with Crippen LogP contribution in [0.15, 0.2) is 59.4 Å². The summed E-state index contributed by atoms with van der Waals surface area (Å²) in [5.41, 5.74) is 2.84. The van der Waals surface area contributed by atoms with Gasteiger partial charge in [-0.15, -0.1) is 0 Å². The van der Waals surface area contributed by atoms with Gasteiger partial charge in [0, 0.05) is 7.05 Å². The highest BCUT2D eigenvalue weighted by Gasteiger charge is 2.39. The van der Waals surface area contributed by atoms with Crippen molar-refractivity contribution in [2.45, 2.75) is 44.8 Å². The van der Waals surface area contributed by atoms with Gasteiger partial charge in [0.1, 0.15) is 5.82 Å². The van der Waals surface area contributed by atoms with Crippen molar-refractivity contribution in [3.63, 3.8) is 0 Å². The maximum absolute atomic E-state index is 13.0. The number of rotatable bonds is 3. The normalized spacial score (nSPS) is 19.5. The summed E-state index contributed by atoms with van der Waals surface area (Å²) in [6.07, 6.45) is -0.183. The van der Waals surface area contributed by atoms with E-state index in [0.717, 1.165) is 16.8 Å². The highest BCUT2D eigenvalue weighted by atomic mass is 16.3. The van der Waals surface area contributed by atoms with E-state index in [9.17, 15) is 14.7 Å². The van der Waals surface area contributed by atoms with Gasteiger partial charge in [-0.3, -0.25) is 10.1 Å². The number of aliphatic hydroxyl groups is 1. The lowest BCUT2D eigenvalue weighted by Gasteiger charge is -2.40. The molecule has 0 bridgehead atoms. The third-order valence-corrected chi connectivity index (χ3v) is 6.13. The second-order valence-electron chi connectivity index (χ2n) is 8.77. The zero-order valence-corrected chi connectivity index (χ0v) is 18.2. The molecule has 1 aliphatic rings. The molecule has 162 valence electrons. The zero-order valence-electron chi connectivity index (χ0n) is 18.2. The van der Waals surface area contributed by atoms with Crippen molar-refractivity contribution in [2.24, 2.45) is 7.05 Å². The molecule has 2 amide bonds. The minimum atomic E-state index is -0.719. The van der Waals surface area contributed by atoms with E-state index in [1.165, 1.54) is 4.68 Å². The average Bonchev–Trinajstić information content (AvgIpc) is 2.95. The molecule has 4 rings (SSSR count). The van der Waals surface area contributed by atoms with Gasteiger partial charge in [-0.25, -0.2) is 14.2 Å². The number of fused-ring (bicyclic) bond motifs is 1. The van der Waals surface area contributed by atoms with E-state index >= 15 is 0 Å². The molecule has 7 heteroatoms. The monoisotopic (exact) mass is 420 g/mol. The second-order valence-corrected chi connectivity index (χ2v) is 8.77. The molecule has 0 radical (unpaired) electrons. The number of carbonyl (C=O) groups excluding carboxylic acids is 1. The Kier molecular flexibility index (Phi) is 5.23. The standard InChI is InChI=1S/C24H28N4O3/c1-15-21(28(27(4)22(15)30)16-10-6-5-7-11-16)26-23(31)25-20-17-12-8-9-13-18(17)24(2,3)14-19(20)29/h5-13,19-20,29H,14H2,1-4H3,(H2,25,26,31)/t19-,20-/m1/s1. The van der Waals surface area contributed by atoms with Gasteiger partial charge in [0.05, 0.1) is 23.4 Å². The quantitative estimate of drug-likeness (QED) is 0.607. The van der Waals surface area contributed by atoms with Gasteiger partial charge in [0.25, 0.3) is 5.56 Å². The summed E-state index contributed by atoms with van der Waals surface area (Å²) in [6, 6.07) is 16.2. The maximum atomic E-state index is 13.0. The number of hydrogen-bond donors (Lipinski definition) is 3. The van der Waals surface area contributed by atoms with Crippen LogP contribution < -0.4 is 16.2 Å². The van der Waals surface area contributed by atoms with Crippen LogP contribution in [0.1, 0.15) is 43.0 Å². The van der Waals surface area contributed by atoms with Crippen LogP contribution in [0.4, 0.5) is 10.6 Å². The Balaban J connectivity index is 1.65. The van der Waals surface area contributed by atoms with Crippen LogP contribution in [-0.4, -0.2) is 26.6 Å². The number of urea groups is 1. The van der Waals surface area contributed by atoms with Gasteiger partial charge in [0.2, 0.25) is 0 Å². The van der Waals surface area contributed by atoms with Gasteiger partial charge in [0.15, 0.2) is 0 Å². The van der Waals surface area contributed by atoms with E-state index in [1.807, 2.05) is 54.6 Å². The number of carbonyl (C=O) groups is 1. The fourth-order valence-electron chi connectivity index (χ4n) is 4.56. The number of nitrogens with zero attached hydrogens (tertiary/aromatic N) is 2. The maximum Gasteiger partial charge on any atom is 0.320 e. The molecule has 1 aliphatic carbocycles. The highest BCUT2D eigenvalue weighted by molar-refractivity contribution is 5.90. The van der Waals surface area contributed by atoms with Crippen molar-refractivity contribution >= 4 is 11.8 Å². The van der Waals surface area contributed by atoms with Crippen LogP contribution in [0.3, 0.4) is 0 Å². The van der Waals surface area contributed by atoms with E-state index in [1.54, 1.807) is 18.7 Å². The third kappa shape index (κ3) is 3.65. The van der Waals surface area contributed by atoms with Crippen LogP contribution in [0.25, 0.3) is 5.69 Å². The number of anilines is 1. The summed E-state index contributed by atoms with van der Waals surface area (Å²) >= 11 is 0. The molecule has 3 aromatic rings. The summed E-state index contributed by atoms with van der Waals surface area (Å²) < 4.78 is 3.14. The van der Waals surface area contributed by atoms with Crippen molar-refractivity contribution in [3.8, 4) is 5.69 Å². The SMILES string of the molecule is Cc1c(NC(=O)N[C@@H]2c3ccccc3C(C)(C)C[C@H]2O)n(-c2ccccc2)n(C)c1=O. The molecule has 0 spiro atoms. The first-order valence-electron chi connectivity index (χ1n) is 10.4. The predicted molar refractivity (Wildman–Crippen MR) is 121 cm³/mol. The Hall–Kier alpha value is -3.32. The molecule has 7 nitrogen and oxygen atoms in total. The second kappa shape index (κ2) is 7.74. The third-order valence-electron chi connectivity index (χ3n) is 6.13. The van der Waals surface area contributed by atoms with Gasteiger partial charge in [-0.05, 0) is 42.0 Å². The number of nitrogens with one attached hydrogen (secondary N) is 2. The summed E-state index contributed by atoms with van der Waals surface area (Å²) in [5, 5.41) is 16.6. The Morgan fingerprint density at radius 3 is 2.45 bits per heavy atom. The topological polar surface area (TPSA) is 88.3 Å². The van der Waals surface area contributed by atoms with E-state index in [4.69, 9.17) is 0 Å². The van der Waals surface area contributed by atoms with Crippen LogP contribution >= 0.6 is 0 Å². The van der Waals surface area contributed by atoms with Crippen molar-refractivity contribution < 1.29 is 9.90 Å². The predicted octanol–water partition coefficient (Wildman–Crippen LogP) is 3.39. The first-order valence-corrected chi connectivity index (χ1v) is 10.4. The molecular weight excluding hydrogens is 392 g/mol. The molecule has 0 saturated carbocycles. The summed E-state index contributed by atoms with van der Waals surface area (Å²) in [4.78, 5) is 25.6. The smallest absolute Gasteiger partial charge is 0.320 e. The van der Waals surface area contributed by atoms with Gasteiger partial charge < -0.3 is 10.4 Å². The molecule has 3 N–H and O–H groups in total.